The van der Waals surface area contributed by atoms with Gasteiger partial charge >= 0.3 is 5.97 Å². The number of nitriles is 1. The Morgan fingerprint density at radius 2 is 2.50 bits per heavy atom. The van der Waals surface area contributed by atoms with E-state index in [1.165, 1.54) is 6.07 Å². The van der Waals surface area contributed by atoms with E-state index in [-0.39, 0.29) is 11.3 Å². The second-order valence-corrected chi connectivity index (χ2v) is 1.62. The molecule has 0 aliphatic carbocycles. The fourth-order valence-electron chi connectivity index (χ4n) is 0.507. The highest BCUT2D eigenvalue weighted by atomic mass is 16.4. The topological polar surface area (TPSA) is 74.2 Å². The van der Waals surface area contributed by atoms with Crippen LogP contribution in [0.5, 0.6) is 0 Å². The summed E-state index contributed by atoms with van der Waals surface area (Å²) in [5.41, 5.74) is -0.00319. The molecule has 0 bridgehead atoms. The molecule has 0 radical (unpaired) electrons. The van der Waals surface area contributed by atoms with Gasteiger partial charge in [0.1, 0.15) is 12.3 Å². The summed E-state index contributed by atoms with van der Waals surface area (Å²) in [6, 6.07) is 2.84. The van der Waals surface area contributed by atoms with Crippen molar-refractivity contribution < 1.29 is 14.3 Å². The molecule has 4 nitrogen and oxygen atoms in total. The van der Waals surface area contributed by atoms with Crippen molar-refractivity contribution in [3.8, 4) is 6.07 Å². The van der Waals surface area contributed by atoms with Gasteiger partial charge < -0.3 is 9.52 Å². The molecule has 1 aromatic heterocycles. The number of nitrogens with zero attached hydrogens (tertiary/aromatic N) is 1. The van der Waals surface area contributed by atoms with E-state index in [0.29, 0.717) is 0 Å². The van der Waals surface area contributed by atoms with Crippen LogP contribution in [0.3, 0.4) is 0 Å². The number of carboxylic acids is 1. The van der Waals surface area contributed by atoms with Crippen molar-refractivity contribution >= 4 is 5.97 Å². The first kappa shape index (κ1) is 6.36. The van der Waals surface area contributed by atoms with E-state index in [9.17, 15) is 4.79 Å². The quantitative estimate of drug-likeness (QED) is 0.622. The lowest BCUT2D eigenvalue weighted by molar-refractivity contribution is 0.0696. The molecule has 4 heteroatoms. The molecule has 0 aliphatic rings. The monoisotopic (exact) mass is 137 g/mol. The van der Waals surface area contributed by atoms with Crippen LogP contribution in [-0.2, 0) is 0 Å². The minimum Gasteiger partial charge on any atom is -0.478 e. The molecule has 0 saturated heterocycles. The van der Waals surface area contributed by atoms with E-state index in [1.54, 1.807) is 6.07 Å². The van der Waals surface area contributed by atoms with Gasteiger partial charge in [-0.2, -0.15) is 5.26 Å². The van der Waals surface area contributed by atoms with Crippen LogP contribution in [0.15, 0.2) is 16.7 Å². The van der Waals surface area contributed by atoms with Crippen LogP contribution in [0.25, 0.3) is 0 Å². The standard InChI is InChI=1S/C6H3NO3/c7-2-5-1-4(3-10-5)6(8)9/h1,3H,(H,8,9). The molecular formula is C6H3NO3. The minimum absolute atomic E-state index is 0.00319. The van der Waals surface area contributed by atoms with Crippen molar-refractivity contribution in [3.05, 3.63) is 23.7 Å². The number of hydrogen-bond acceptors (Lipinski definition) is 3. The largest absolute Gasteiger partial charge is 0.478 e. The van der Waals surface area contributed by atoms with Crippen LogP contribution in [0.2, 0.25) is 0 Å². The highest BCUT2D eigenvalue weighted by Gasteiger charge is 2.06. The molecule has 0 saturated carbocycles. The van der Waals surface area contributed by atoms with E-state index >= 15 is 0 Å². The zero-order chi connectivity index (χ0) is 7.56. The molecule has 1 aromatic rings. The Morgan fingerprint density at radius 3 is 2.80 bits per heavy atom. The Hall–Kier alpha value is -1.76. The van der Waals surface area contributed by atoms with Crippen molar-refractivity contribution in [3.63, 3.8) is 0 Å². The van der Waals surface area contributed by atoms with E-state index in [1.807, 2.05) is 0 Å². The third-order valence-electron chi connectivity index (χ3n) is 0.957. The maximum Gasteiger partial charge on any atom is 0.339 e. The summed E-state index contributed by atoms with van der Waals surface area (Å²) in [6.45, 7) is 0. The van der Waals surface area contributed by atoms with Crippen LogP contribution in [0, 0.1) is 11.3 Å². The van der Waals surface area contributed by atoms with Gasteiger partial charge in [-0.05, 0) is 0 Å². The van der Waals surface area contributed by atoms with Crippen molar-refractivity contribution in [2.24, 2.45) is 0 Å². The lowest BCUT2D eigenvalue weighted by Crippen LogP contribution is -1.91. The molecule has 10 heavy (non-hydrogen) atoms. The zero-order valence-corrected chi connectivity index (χ0v) is 4.87. The number of hydrogen-bond donors (Lipinski definition) is 1. The molecular weight excluding hydrogens is 134 g/mol. The van der Waals surface area contributed by atoms with E-state index in [4.69, 9.17) is 10.4 Å². The normalized spacial score (nSPS) is 8.70. The van der Waals surface area contributed by atoms with Gasteiger partial charge in [-0.1, -0.05) is 0 Å². The summed E-state index contributed by atoms with van der Waals surface area (Å²) in [7, 11) is 0. The molecule has 0 aromatic carbocycles. The predicted octanol–water partition coefficient (Wildman–Crippen LogP) is 0.849. The lowest BCUT2D eigenvalue weighted by atomic mass is 10.3. The fourth-order valence-corrected chi connectivity index (χ4v) is 0.507. The fraction of sp³-hybridized carbons (Fsp3) is 0. The molecule has 0 amide bonds. The van der Waals surface area contributed by atoms with Gasteiger partial charge in [0.15, 0.2) is 0 Å². The van der Waals surface area contributed by atoms with Crippen molar-refractivity contribution in [1.82, 2.24) is 0 Å². The minimum atomic E-state index is -1.09. The van der Waals surface area contributed by atoms with Crippen LogP contribution in [0.4, 0.5) is 0 Å². The number of aromatic carboxylic acids is 1. The zero-order valence-electron chi connectivity index (χ0n) is 4.87. The lowest BCUT2D eigenvalue weighted by Gasteiger charge is -1.77. The second kappa shape index (κ2) is 2.23. The van der Waals surface area contributed by atoms with Crippen LogP contribution >= 0.6 is 0 Å². The number of rotatable bonds is 1. The molecule has 0 aliphatic heterocycles. The number of carbonyl (C=O) groups is 1. The van der Waals surface area contributed by atoms with E-state index in [2.05, 4.69) is 4.42 Å². The summed E-state index contributed by atoms with van der Waals surface area (Å²) in [6.07, 6.45) is 1.03. The molecule has 0 spiro atoms. The Kier molecular flexibility index (Phi) is 1.42. The highest BCUT2D eigenvalue weighted by molar-refractivity contribution is 5.87. The first-order chi connectivity index (χ1) is 4.74. The van der Waals surface area contributed by atoms with Gasteiger partial charge in [-0.3, -0.25) is 0 Å². The summed E-state index contributed by atoms with van der Waals surface area (Å²) in [4.78, 5) is 10.2. The first-order valence-corrected chi connectivity index (χ1v) is 2.46. The van der Waals surface area contributed by atoms with Gasteiger partial charge in [-0.25, -0.2) is 4.79 Å². The van der Waals surface area contributed by atoms with Crippen molar-refractivity contribution in [2.45, 2.75) is 0 Å². The summed E-state index contributed by atoms with van der Waals surface area (Å²) < 4.78 is 4.53. The third kappa shape index (κ3) is 0.977. The predicted molar refractivity (Wildman–Crippen MR) is 30.4 cm³/mol. The Balaban J connectivity index is 3.02. The molecule has 1 heterocycles. The van der Waals surface area contributed by atoms with Gasteiger partial charge in [0.05, 0.1) is 5.56 Å². The second-order valence-electron chi connectivity index (χ2n) is 1.62. The maximum atomic E-state index is 10.2. The first-order valence-electron chi connectivity index (χ1n) is 2.46. The van der Waals surface area contributed by atoms with E-state index < -0.39 is 5.97 Å². The SMILES string of the molecule is N#Cc1cc(C(=O)O)co1. The third-order valence-corrected chi connectivity index (χ3v) is 0.957. The summed E-state index contributed by atoms with van der Waals surface area (Å²) in [5, 5.41) is 16.5. The molecule has 50 valence electrons. The van der Waals surface area contributed by atoms with Gasteiger partial charge in [0.2, 0.25) is 5.76 Å². The molecule has 1 N–H and O–H groups in total. The maximum absolute atomic E-state index is 10.2. The van der Waals surface area contributed by atoms with Gasteiger partial charge in [0.25, 0.3) is 0 Å². The average molecular weight is 137 g/mol. The average Bonchev–Trinajstić information content (AvgIpc) is 2.34. The smallest absolute Gasteiger partial charge is 0.339 e. The summed E-state index contributed by atoms with van der Waals surface area (Å²) in [5.74, 6) is -1.08. The Bertz CT molecular complexity index is 294. The van der Waals surface area contributed by atoms with Gasteiger partial charge in [0, 0.05) is 6.07 Å². The van der Waals surface area contributed by atoms with Crippen LogP contribution in [-0.4, -0.2) is 11.1 Å². The molecule has 0 atom stereocenters. The molecule has 0 fully saturated rings. The Labute approximate surface area is 56.3 Å². The summed E-state index contributed by atoms with van der Waals surface area (Å²) >= 11 is 0. The van der Waals surface area contributed by atoms with Crippen molar-refractivity contribution in [1.29, 1.82) is 5.26 Å². The van der Waals surface area contributed by atoms with Crippen LogP contribution in [0.1, 0.15) is 16.1 Å². The van der Waals surface area contributed by atoms with Crippen molar-refractivity contribution in [2.75, 3.05) is 0 Å². The Morgan fingerprint density at radius 1 is 1.80 bits per heavy atom. The number of carboxylic acid groups (broad SMARTS) is 1. The number of furan rings is 1. The van der Waals surface area contributed by atoms with Crippen LogP contribution < -0.4 is 0 Å². The van der Waals surface area contributed by atoms with Gasteiger partial charge in [-0.15, -0.1) is 0 Å². The molecule has 1 rings (SSSR count). The molecule has 0 unspecified atom stereocenters. The highest BCUT2D eigenvalue weighted by Crippen LogP contribution is 2.05. The van der Waals surface area contributed by atoms with E-state index in [0.717, 1.165) is 6.26 Å².